The third-order valence-electron chi connectivity index (χ3n) is 4.04. The highest BCUT2D eigenvalue weighted by atomic mass is 79.9. The summed E-state index contributed by atoms with van der Waals surface area (Å²) in [6, 6.07) is 9.65. The molecule has 29 heavy (non-hydrogen) atoms. The second-order valence-electron chi connectivity index (χ2n) is 6.84. The van der Waals surface area contributed by atoms with Crippen molar-refractivity contribution in [1.29, 1.82) is 0 Å². The number of aryl methyl sites for hydroxylation is 1. The van der Waals surface area contributed by atoms with E-state index in [-0.39, 0.29) is 10.8 Å². The summed E-state index contributed by atoms with van der Waals surface area (Å²) >= 11 is 8.56. The number of nitro benzene ring substituents is 1. The SMILES string of the molecule is Cc1ccc(NC(=S)NC(=O)c2ccc(OCCC(C)C)c(Br)c2)cc1[N+](=O)[O-]. The van der Waals surface area contributed by atoms with Crippen LogP contribution >= 0.6 is 28.1 Å². The molecule has 2 N–H and O–H groups in total. The molecule has 0 aliphatic rings. The largest absolute Gasteiger partial charge is 0.492 e. The molecule has 0 heterocycles. The van der Waals surface area contributed by atoms with E-state index in [2.05, 4.69) is 40.4 Å². The van der Waals surface area contributed by atoms with Gasteiger partial charge in [0, 0.05) is 22.9 Å². The number of hydrogen-bond donors (Lipinski definition) is 2. The second-order valence-corrected chi connectivity index (χ2v) is 8.11. The Morgan fingerprint density at radius 1 is 1.28 bits per heavy atom. The summed E-state index contributed by atoms with van der Waals surface area (Å²) in [6.45, 7) is 6.49. The van der Waals surface area contributed by atoms with E-state index < -0.39 is 10.8 Å². The van der Waals surface area contributed by atoms with Crippen LogP contribution in [0.25, 0.3) is 0 Å². The molecule has 0 radical (unpaired) electrons. The van der Waals surface area contributed by atoms with E-state index in [0.717, 1.165) is 6.42 Å². The Balaban J connectivity index is 1.99. The van der Waals surface area contributed by atoms with Gasteiger partial charge in [-0.05, 0) is 71.7 Å². The number of benzene rings is 2. The lowest BCUT2D eigenvalue weighted by Gasteiger charge is -2.12. The van der Waals surface area contributed by atoms with Crippen LogP contribution in [0.2, 0.25) is 0 Å². The number of carbonyl (C=O) groups excluding carboxylic acids is 1. The topological polar surface area (TPSA) is 93.5 Å². The van der Waals surface area contributed by atoms with Crippen LogP contribution in [0.3, 0.4) is 0 Å². The number of rotatable bonds is 7. The molecule has 2 aromatic carbocycles. The van der Waals surface area contributed by atoms with E-state index >= 15 is 0 Å². The van der Waals surface area contributed by atoms with E-state index in [9.17, 15) is 14.9 Å². The zero-order valence-electron chi connectivity index (χ0n) is 16.3. The Bertz CT molecular complexity index is 934. The van der Waals surface area contributed by atoms with Crippen LogP contribution in [0.5, 0.6) is 5.75 Å². The lowest BCUT2D eigenvalue weighted by atomic mass is 10.1. The van der Waals surface area contributed by atoms with E-state index in [1.165, 1.54) is 6.07 Å². The normalized spacial score (nSPS) is 10.5. The number of anilines is 1. The maximum absolute atomic E-state index is 12.4. The molecular weight excluding hydrogens is 458 g/mol. The molecule has 0 fully saturated rings. The van der Waals surface area contributed by atoms with Crippen molar-refractivity contribution in [2.75, 3.05) is 11.9 Å². The highest BCUT2D eigenvalue weighted by Gasteiger charge is 2.14. The van der Waals surface area contributed by atoms with Gasteiger partial charge in [0.1, 0.15) is 5.75 Å². The maximum atomic E-state index is 12.4. The van der Waals surface area contributed by atoms with Crippen LogP contribution in [0.15, 0.2) is 40.9 Å². The smallest absolute Gasteiger partial charge is 0.274 e. The molecule has 0 bridgehead atoms. The molecule has 0 aromatic heterocycles. The number of halogens is 1. The molecule has 0 saturated carbocycles. The third kappa shape index (κ3) is 6.79. The van der Waals surface area contributed by atoms with Gasteiger partial charge in [0.2, 0.25) is 0 Å². The van der Waals surface area contributed by atoms with Crippen LogP contribution in [-0.4, -0.2) is 22.5 Å². The Hall–Kier alpha value is -2.52. The number of nitrogens with zero attached hydrogens (tertiary/aromatic N) is 1. The second kappa shape index (κ2) is 10.3. The molecule has 0 unspecified atom stereocenters. The molecule has 0 aliphatic heterocycles. The first-order valence-electron chi connectivity index (χ1n) is 8.97. The fraction of sp³-hybridized carbons (Fsp3) is 0.300. The highest BCUT2D eigenvalue weighted by Crippen LogP contribution is 2.26. The lowest BCUT2D eigenvalue weighted by molar-refractivity contribution is -0.385. The number of thiocarbonyl (C=S) groups is 1. The van der Waals surface area contributed by atoms with Crippen molar-refractivity contribution >= 4 is 50.5 Å². The zero-order valence-corrected chi connectivity index (χ0v) is 18.7. The van der Waals surface area contributed by atoms with Gasteiger partial charge in [-0.25, -0.2) is 0 Å². The van der Waals surface area contributed by atoms with Gasteiger partial charge in [-0.15, -0.1) is 0 Å². The molecule has 154 valence electrons. The number of carbonyl (C=O) groups is 1. The Kier molecular flexibility index (Phi) is 8.10. The number of nitro groups is 1. The van der Waals surface area contributed by atoms with Crippen molar-refractivity contribution in [1.82, 2.24) is 5.32 Å². The first kappa shape index (κ1) is 22.8. The van der Waals surface area contributed by atoms with Gasteiger partial charge in [-0.1, -0.05) is 19.9 Å². The Morgan fingerprint density at radius 2 is 2.00 bits per heavy atom. The minimum Gasteiger partial charge on any atom is -0.492 e. The number of ether oxygens (including phenoxy) is 1. The summed E-state index contributed by atoms with van der Waals surface area (Å²) in [5.74, 6) is 0.802. The Morgan fingerprint density at radius 3 is 2.62 bits per heavy atom. The van der Waals surface area contributed by atoms with Crippen molar-refractivity contribution in [2.45, 2.75) is 27.2 Å². The number of amides is 1. The minimum absolute atomic E-state index is 0.0267. The van der Waals surface area contributed by atoms with Crippen LogP contribution in [0.1, 0.15) is 36.2 Å². The molecule has 0 atom stereocenters. The van der Waals surface area contributed by atoms with Crippen molar-refractivity contribution in [3.05, 3.63) is 62.1 Å². The fourth-order valence-corrected chi connectivity index (χ4v) is 3.09. The highest BCUT2D eigenvalue weighted by molar-refractivity contribution is 9.10. The maximum Gasteiger partial charge on any atom is 0.274 e. The first-order valence-corrected chi connectivity index (χ1v) is 10.2. The van der Waals surface area contributed by atoms with Crippen molar-refractivity contribution in [3.8, 4) is 5.75 Å². The van der Waals surface area contributed by atoms with Gasteiger partial charge in [-0.2, -0.15) is 0 Å². The predicted octanol–water partition coefficient (Wildman–Crippen LogP) is 5.22. The van der Waals surface area contributed by atoms with Crippen molar-refractivity contribution in [2.24, 2.45) is 5.92 Å². The number of nitrogens with one attached hydrogen (secondary N) is 2. The molecule has 0 saturated heterocycles. The fourth-order valence-electron chi connectivity index (χ4n) is 2.39. The summed E-state index contributed by atoms with van der Waals surface area (Å²) in [5.41, 5.74) is 1.33. The van der Waals surface area contributed by atoms with Gasteiger partial charge >= 0.3 is 0 Å². The monoisotopic (exact) mass is 479 g/mol. The van der Waals surface area contributed by atoms with Gasteiger partial charge in [-0.3, -0.25) is 20.2 Å². The van der Waals surface area contributed by atoms with Gasteiger partial charge in [0.25, 0.3) is 11.6 Å². The number of hydrogen-bond acceptors (Lipinski definition) is 5. The summed E-state index contributed by atoms with van der Waals surface area (Å²) in [6.07, 6.45) is 0.936. The van der Waals surface area contributed by atoms with E-state index in [1.807, 2.05) is 0 Å². The molecule has 2 aromatic rings. The molecule has 9 heteroatoms. The van der Waals surface area contributed by atoms with Gasteiger partial charge < -0.3 is 10.1 Å². The Labute approximate surface area is 183 Å². The lowest BCUT2D eigenvalue weighted by Crippen LogP contribution is -2.34. The summed E-state index contributed by atoms with van der Waals surface area (Å²) in [7, 11) is 0. The average Bonchev–Trinajstić information content (AvgIpc) is 2.64. The molecule has 1 amide bonds. The molecule has 7 nitrogen and oxygen atoms in total. The van der Waals surface area contributed by atoms with Crippen LogP contribution in [0, 0.1) is 23.0 Å². The molecule has 0 aliphatic carbocycles. The summed E-state index contributed by atoms with van der Waals surface area (Å²) in [5, 5.41) is 16.4. The first-order chi connectivity index (χ1) is 13.7. The van der Waals surface area contributed by atoms with Gasteiger partial charge in [0.05, 0.1) is 16.0 Å². The molecule has 0 spiro atoms. The molecular formula is C20H22BrN3O4S. The van der Waals surface area contributed by atoms with Gasteiger partial charge in [0.15, 0.2) is 5.11 Å². The van der Waals surface area contributed by atoms with E-state index in [0.29, 0.717) is 39.6 Å². The van der Waals surface area contributed by atoms with Crippen molar-refractivity contribution < 1.29 is 14.5 Å². The van der Waals surface area contributed by atoms with E-state index in [4.69, 9.17) is 17.0 Å². The van der Waals surface area contributed by atoms with Crippen LogP contribution in [-0.2, 0) is 0 Å². The average molecular weight is 480 g/mol. The van der Waals surface area contributed by atoms with Crippen LogP contribution in [0.4, 0.5) is 11.4 Å². The summed E-state index contributed by atoms with van der Waals surface area (Å²) < 4.78 is 6.38. The third-order valence-corrected chi connectivity index (χ3v) is 4.86. The predicted molar refractivity (Wildman–Crippen MR) is 121 cm³/mol. The minimum atomic E-state index is -0.468. The van der Waals surface area contributed by atoms with Crippen molar-refractivity contribution in [3.63, 3.8) is 0 Å². The molecule has 2 rings (SSSR count). The summed E-state index contributed by atoms with van der Waals surface area (Å²) in [4.78, 5) is 23.0. The zero-order chi connectivity index (χ0) is 21.6. The van der Waals surface area contributed by atoms with Crippen LogP contribution < -0.4 is 15.4 Å². The standard InChI is InChI=1S/C20H22BrN3O4S/c1-12(2)8-9-28-18-7-5-14(10-16(18)21)19(25)23-20(29)22-15-6-4-13(3)17(11-15)24(26)27/h4-7,10-12H,8-9H2,1-3H3,(H2,22,23,25,29). The quantitative estimate of drug-likeness (QED) is 0.321. The van der Waals surface area contributed by atoms with E-state index in [1.54, 1.807) is 37.3 Å².